The van der Waals surface area contributed by atoms with Crippen molar-refractivity contribution < 1.29 is 24.6 Å². The fourth-order valence-corrected chi connectivity index (χ4v) is 2.22. The number of rotatable bonds is 5. The summed E-state index contributed by atoms with van der Waals surface area (Å²) < 4.78 is 0. The number of carbonyl (C=O) groups excluding carboxylic acids is 1. The van der Waals surface area contributed by atoms with Gasteiger partial charge in [-0.25, -0.2) is 0 Å². The molecule has 0 aromatic rings. The summed E-state index contributed by atoms with van der Waals surface area (Å²) in [6.45, 7) is 6.31. The number of hydrogen-bond acceptors (Lipinski definition) is 5. The number of unbranched alkanes of at least 4 members (excludes halogenated alkanes) is 1. The predicted molar refractivity (Wildman–Crippen MR) is 85.6 cm³/mol. The summed E-state index contributed by atoms with van der Waals surface area (Å²) in [4.78, 5) is 30.8. The second-order valence-electron chi connectivity index (χ2n) is 5.97. The largest absolute Gasteiger partial charge is 0.481 e. The Bertz CT molecular complexity index is 387. The van der Waals surface area contributed by atoms with Gasteiger partial charge in [0.1, 0.15) is 0 Å². The van der Waals surface area contributed by atoms with Gasteiger partial charge in [-0.3, -0.25) is 14.4 Å². The minimum absolute atomic E-state index is 0. The van der Waals surface area contributed by atoms with Crippen molar-refractivity contribution in [3.8, 4) is 0 Å². The summed E-state index contributed by atoms with van der Waals surface area (Å²) in [6, 6.07) is 0. The molecule has 22 heavy (non-hydrogen) atoms. The van der Waals surface area contributed by atoms with E-state index in [9.17, 15) is 14.4 Å². The summed E-state index contributed by atoms with van der Waals surface area (Å²) in [7, 11) is 0. The van der Waals surface area contributed by atoms with Gasteiger partial charge in [-0.2, -0.15) is 0 Å². The topological polar surface area (TPSA) is 162 Å². The molecule has 0 saturated carbocycles. The molecule has 0 aromatic carbocycles. The van der Waals surface area contributed by atoms with Crippen LogP contribution in [-0.4, -0.2) is 27.9 Å². The Morgan fingerprint density at radius 1 is 1.05 bits per heavy atom. The van der Waals surface area contributed by atoms with Crippen molar-refractivity contribution in [3.05, 3.63) is 11.6 Å². The molecule has 0 fully saturated rings. The van der Waals surface area contributed by atoms with Crippen LogP contribution in [0.2, 0.25) is 0 Å². The molecule has 0 aromatic heterocycles. The molecule has 0 atom stereocenters. The zero-order valence-corrected chi connectivity index (χ0v) is 13.9. The van der Waals surface area contributed by atoms with Crippen molar-refractivity contribution in [1.82, 2.24) is 12.3 Å². The lowest BCUT2D eigenvalue weighted by Gasteiger charge is -2.27. The van der Waals surface area contributed by atoms with Crippen molar-refractivity contribution in [3.63, 3.8) is 0 Å². The molecular formula is C15H30N2O5. The molecule has 1 aliphatic rings. The van der Waals surface area contributed by atoms with Gasteiger partial charge < -0.3 is 22.5 Å². The smallest absolute Gasteiger partial charge is 0.303 e. The van der Waals surface area contributed by atoms with Crippen LogP contribution in [0.3, 0.4) is 0 Å². The van der Waals surface area contributed by atoms with Gasteiger partial charge in [0.15, 0.2) is 5.78 Å². The maximum atomic E-state index is 11.0. The third kappa shape index (κ3) is 14.7. The zero-order valence-electron chi connectivity index (χ0n) is 13.9. The van der Waals surface area contributed by atoms with Crippen LogP contribution in [0.1, 0.15) is 59.3 Å². The van der Waals surface area contributed by atoms with E-state index in [-0.39, 0.29) is 36.3 Å². The van der Waals surface area contributed by atoms with E-state index in [1.165, 1.54) is 5.57 Å². The zero-order chi connectivity index (χ0) is 15.8. The average molecular weight is 318 g/mol. The molecule has 0 aliphatic heterocycles. The lowest BCUT2D eigenvalue weighted by Crippen LogP contribution is -2.20. The van der Waals surface area contributed by atoms with E-state index in [0.717, 1.165) is 6.42 Å². The minimum atomic E-state index is -0.870. The molecule has 0 saturated heterocycles. The van der Waals surface area contributed by atoms with Crippen LogP contribution in [0.4, 0.5) is 0 Å². The van der Waals surface area contributed by atoms with Gasteiger partial charge in [0, 0.05) is 19.3 Å². The molecular weight excluding hydrogens is 288 g/mol. The Morgan fingerprint density at radius 3 is 1.73 bits per heavy atom. The maximum absolute atomic E-state index is 11.0. The number of carbonyl (C=O) groups is 3. The fraction of sp³-hybridized carbons (Fsp3) is 0.667. The quantitative estimate of drug-likeness (QED) is 0.564. The third-order valence-electron chi connectivity index (χ3n) is 2.85. The van der Waals surface area contributed by atoms with Crippen LogP contribution in [0, 0.1) is 5.41 Å². The third-order valence-corrected chi connectivity index (χ3v) is 2.85. The lowest BCUT2D eigenvalue weighted by atomic mass is 9.77. The van der Waals surface area contributed by atoms with Crippen LogP contribution in [0.15, 0.2) is 11.6 Å². The minimum Gasteiger partial charge on any atom is -0.481 e. The first kappa shape index (κ1) is 25.2. The van der Waals surface area contributed by atoms with Gasteiger partial charge in [0.2, 0.25) is 0 Å². The van der Waals surface area contributed by atoms with E-state index in [4.69, 9.17) is 10.2 Å². The number of carboxylic acids is 2. The molecule has 0 heterocycles. The number of aliphatic carboxylic acids is 2. The van der Waals surface area contributed by atoms with Crippen molar-refractivity contribution >= 4 is 17.7 Å². The highest BCUT2D eigenvalue weighted by Gasteiger charge is 2.25. The highest BCUT2D eigenvalue weighted by Crippen LogP contribution is 2.32. The van der Waals surface area contributed by atoms with E-state index >= 15 is 0 Å². The molecule has 7 nitrogen and oxygen atoms in total. The standard InChI is InChI=1S/C9H14O.C6H10O4.2H3N/c1-7-4-8(10)6-9(2,3)5-7;7-5(8)3-1-2-4-6(9)10;;/h4H,5-6H2,1-3H3;1-4H2,(H,7,8)(H,9,10);2*1H3. The molecule has 0 amide bonds. The molecule has 7 heteroatoms. The Labute approximate surface area is 132 Å². The Hall–Kier alpha value is -1.73. The highest BCUT2D eigenvalue weighted by molar-refractivity contribution is 5.91. The number of carboxylic acid groups (broad SMARTS) is 2. The van der Waals surface area contributed by atoms with Crippen molar-refractivity contribution in [2.24, 2.45) is 5.41 Å². The van der Waals surface area contributed by atoms with E-state index < -0.39 is 11.9 Å². The van der Waals surface area contributed by atoms with E-state index in [2.05, 4.69) is 13.8 Å². The number of hydrogen-bond donors (Lipinski definition) is 4. The van der Waals surface area contributed by atoms with Gasteiger partial charge >= 0.3 is 11.9 Å². The predicted octanol–water partition coefficient (Wildman–Crippen LogP) is 3.36. The summed E-state index contributed by atoms with van der Waals surface area (Å²) in [6.07, 6.45) is 4.57. The highest BCUT2D eigenvalue weighted by atomic mass is 16.4. The molecule has 0 spiro atoms. The molecule has 8 N–H and O–H groups in total. The maximum Gasteiger partial charge on any atom is 0.303 e. The Balaban J connectivity index is -0.000000301. The molecule has 1 rings (SSSR count). The first-order chi connectivity index (χ1) is 9.12. The van der Waals surface area contributed by atoms with Gasteiger partial charge in [-0.1, -0.05) is 19.4 Å². The first-order valence-electron chi connectivity index (χ1n) is 6.76. The van der Waals surface area contributed by atoms with Crippen molar-refractivity contribution in [2.45, 2.75) is 59.3 Å². The van der Waals surface area contributed by atoms with Gasteiger partial charge in [0.05, 0.1) is 0 Å². The van der Waals surface area contributed by atoms with Crippen LogP contribution in [0.25, 0.3) is 0 Å². The van der Waals surface area contributed by atoms with E-state index in [1.807, 2.05) is 6.92 Å². The molecule has 1 aliphatic carbocycles. The number of ketones is 1. The molecule has 130 valence electrons. The van der Waals surface area contributed by atoms with Gasteiger partial charge in [-0.05, 0) is 37.7 Å². The summed E-state index contributed by atoms with van der Waals surface area (Å²) >= 11 is 0. The van der Waals surface area contributed by atoms with Gasteiger partial charge in [-0.15, -0.1) is 0 Å². The van der Waals surface area contributed by atoms with Crippen LogP contribution in [-0.2, 0) is 14.4 Å². The van der Waals surface area contributed by atoms with Crippen LogP contribution < -0.4 is 12.3 Å². The summed E-state index contributed by atoms with van der Waals surface area (Å²) in [5, 5.41) is 16.3. The number of allylic oxidation sites excluding steroid dienone is 2. The lowest BCUT2D eigenvalue weighted by molar-refractivity contribution is -0.139. The SMILES string of the molecule is CC1=CC(=O)CC(C)(C)C1.N.N.O=C(O)CCCCC(=O)O. The summed E-state index contributed by atoms with van der Waals surface area (Å²) in [5.41, 5.74) is 1.43. The van der Waals surface area contributed by atoms with Crippen LogP contribution in [0.5, 0.6) is 0 Å². The second kappa shape index (κ2) is 11.9. The molecule has 0 bridgehead atoms. The monoisotopic (exact) mass is 318 g/mol. The van der Waals surface area contributed by atoms with Crippen molar-refractivity contribution in [1.29, 1.82) is 0 Å². The Morgan fingerprint density at radius 2 is 1.45 bits per heavy atom. The van der Waals surface area contributed by atoms with E-state index in [0.29, 0.717) is 19.3 Å². The average Bonchev–Trinajstić information content (AvgIpc) is 2.21. The summed E-state index contributed by atoms with van der Waals surface area (Å²) in [5.74, 6) is -1.45. The van der Waals surface area contributed by atoms with E-state index in [1.54, 1.807) is 6.08 Å². The van der Waals surface area contributed by atoms with Crippen LogP contribution >= 0.6 is 0 Å². The van der Waals surface area contributed by atoms with Gasteiger partial charge in [0.25, 0.3) is 0 Å². The fourth-order valence-electron chi connectivity index (χ4n) is 2.22. The molecule has 0 unspecified atom stereocenters. The second-order valence-corrected chi connectivity index (χ2v) is 5.97. The first-order valence-corrected chi connectivity index (χ1v) is 6.76. The molecule has 0 radical (unpaired) electrons. The normalized spacial score (nSPS) is 15.2. The Kier molecular flexibility index (Phi) is 13.6. The van der Waals surface area contributed by atoms with Crippen molar-refractivity contribution in [2.75, 3.05) is 0 Å².